The molecule has 0 atom stereocenters. The number of piperidine rings is 1. The molecule has 2 aromatic rings. The summed E-state index contributed by atoms with van der Waals surface area (Å²) in [5.74, 6) is 0.420. The van der Waals surface area contributed by atoms with Crippen LogP contribution in [-0.2, 0) is 4.74 Å². The van der Waals surface area contributed by atoms with Crippen molar-refractivity contribution in [3.05, 3.63) is 18.5 Å². The van der Waals surface area contributed by atoms with Gasteiger partial charge in [0.1, 0.15) is 16.9 Å². The number of hydrogen-bond acceptors (Lipinski definition) is 5. The first-order valence-corrected chi connectivity index (χ1v) is 7.90. The minimum absolute atomic E-state index is 0.239. The van der Waals surface area contributed by atoms with E-state index >= 15 is 0 Å². The van der Waals surface area contributed by atoms with Crippen LogP contribution in [-0.4, -0.2) is 44.2 Å². The van der Waals surface area contributed by atoms with Crippen LogP contribution in [0.1, 0.15) is 39.7 Å². The molecule has 1 saturated heterocycles. The zero-order valence-corrected chi connectivity index (χ0v) is 13.8. The molecule has 0 spiro atoms. The second kappa shape index (κ2) is 5.72. The van der Waals surface area contributed by atoms with E-state index in [9.17, 15) is 4.79 Å². The van der Waals surface area contributed by atoms with E-state index in [0.29, 0.717) is 24.9 Å². The lowest BCUT2D eigenvalue weighted by molar-refractivity contribution is 0.0189. The molecule has 1 fully saturated rings. The molecule has 3 heterocycles. The first-order valence-electron chi connectivity index (χ1n) is 7.90. The molecule has 0 saturated carbocycles. The Labute approximate surface area is 135 Å². The monoisotopic (exact) mass is 317 g/mol. The highest BCUT2D eigenvalue weighted by atomic mass is 16.6. The highest BCUT2D eigenvalue weighted by Gasteiger charge is 2.28. The van der Waals surface area contributed by atoms with E-state index in [-0.39, 0.29) is 6.09 Å². The lowest BCUT2D eigenvalue weighted by Crippen LogP contribution is -2.42. The Bertz CT molecular complexity index is 711. The third-order valence-electron chi connectivity index (χ3n) is 3.95. The maximum atomic E-state index is 12.1. The smallest absolute Gasteiger partial charge is 0.410 e. The van der Waals surface area contributed by atoms with Gasteiger partial charge in [0.2, 0.25) is 0 Å². The minimum atomic E-state index is -0.461. The van der Waals surface area contributed by atoms with Gasteiger partial charge in [-0.15, -0.1) is 0 Å². The summed E-state index contributed by atoms with van der Waals surface area (Å²) in [5.41, 5.74) is 6.93. The van der Waals surface area contributed by atoms with Gasteiger partial charge >= 0.3 is 6.09 Å². The van der Waals surface area contributed by atoms with Crippen molar-refractivity contribution in [2.24, 2.45) is 0 Å². The second-order valence-corrected chi connectivity index (χ2v) is 6.93. The Morgan fingerprint density at radius 1 is 1.35 bits per heavy atom. The van der Waals surface area contributed by atoms with Crippen LogP contribution >= 0.6 is 0 Å². The first kappa shape index (κ1) is 15.6. The normalized spacial score (nSPS) is 16.7. The number of fused-ring (bicyclic) bond motifs is 1. The lowest BCUT2D eigenvalue weighted by Gasteiger charge is -2.34. The van der Waals surface area contributed by atoms with Crippen LogP contribution in [0.4, 0.5) is 10.6 Å². The Hall–Kier alpha value is -2.31. The fraction of sp³-hybridized carbons (Fsp3) is 0.562. The average molecular weight is 317 g/mol. The SMILES string of the molecule is CC(C)(C)OC(=O)N1CCC(n2ccc3ncc(N)nc32)CC1. The van der Waals surface area contributed by atoms with Gasteiger partial charge in [0.25, 0.3) is 0 Å². The summed E-state index contributed by atoms with van der Waals surface area (Å²) in [5, 5.41) is 0. The molecule has 2 N–H and O–H groups in total. The number of carbonyl (C=O) groups excluding carboxylic acids is 1. The molecule has 0 radical (unpaired) electrons. The molecule has 0 unspecified atom stereocenters. The van der Waals surface area contributed by atoms with E-state index in [1.807, 2.05) is 33.0 Å². The quantitative estimate of drug-likeness (QED) is 0.873. The largest absolute Gasteiger partial charge is 0.444 e. The summed E-state index contributed by atoms with van der Waals surface area (Å²) < 4.78 is 7.55. The van der Waals surface area contributed by atoms with E-state index in [1.54, 1.807) is 11.1 Å². The van der Waals surface area contributed by atoms with Gasteiger partial charge in [0.05, 0.1) is 6.20 Å². The molecular weight excluding hydrogens is 294 g/mol. The molecule has 0 bridgehead atoms. The van der Waals surface area contributed by atoms with Gasteiger partial charge in [-0.25, -0.2) is 14.8 Å². The highest BCUT2D eigenvalue weighted by Crippen LogP contribution is 2.27. The van der Waals surface area contributed by atoms with E-state index in [2.05, 4.69) is 14.5 Å². The van der Waals surface area contributed by atoms with Gasteiger partial charge in [0.15, 0.2) is 5.65 Å². The number of nitrogens with zero attached hydrogens (tertiary/aromatic N) is 4. The van der Waals surface area contributed by atoms with Crippen molar-refractivity contribution >= 4 is 23.1 Å². The van der Waals surface area contributed by atoms with Crippen LogP contribution in [0.2, 0.25) is 0 Å². The third-order valence-corrected chi connectivity index (χ3v) is 3.95. The number of hydrogen-bond donors (Lipinski definition) is 1. The number of nitrogens with two attached hydrogens (primary N) is 1. The highest BCUT2D eigenvalue weighted by molar-refractivity contribution is 5.72. The Kier molecular flexibility index (Phi) is 3.87. The van der Waals surface area contributed by atoms with Crippen LogP contribution in [0.3, 0.4) is 0 Å². The van der Waals surface area contributed by atoms with Crippen molar-refractivity contribution in [1.29, 1.82) is 0 Å². The molecule has 7 heteroatoms. The summed E-state index contributed by atoms with van der Waals surface area (Å²) in [4.78, 5) is 22.6. The molecule has 2 aromatic heterocycles. The van der Waals surface area contributed by atoms with E-state index in [1.165, 1.54) is 0 Å². The predicted molar refractivity (Wildman–Crippen MR) is 88.0 cm³/mol. The number of ether oxygens (including phenoxy) is 1. The van der Waals surface area contributed by atoms with Crippen molar-refractivity contribution in [2.45, 2.75) is 45.3 Å². The summed E-state index contributed by atoms with van der Waals surface area (Å²) >= 11 is 0. The molecule has 0 aromatic carbocycles. The fourth-order valence-electron chi connectivity index (χ4n) is 2.88. The summed E-state index contributed by atoms with van der Waals surface area (Å²) in [6.07, 6.45) is 5.05. The topological polar surface area (TPSA) is 86.3 Å². The van der Waals surface area contributed by atoms with Crippen LogP contribution in [0, 0.1) is 0 Å². The van der Waals surface area contributed by atoms with E-state index in [0.717, 1.165) is 24.0 Å². The van der Waals surface area contributed by atoms with Gasteiger partial charge in [-0.2, -0.15) is 0 Å². The predicted octanol–water partition coefficient (Wildman–Crippen LogP) is 2.59. The Morgan fingerprint density at radius 2 is 2.04 bits per heavy atom. The second-order valence-electron chi connectivity index (χ2n) is 6.93. The minimum Gasteiger partial charge on any atom is -0.444 e. The van der Waals surface area contributed by atoms with Crippen molar-refractivity contribution in [1.82, 2.24) is 19.4 Å². The van der Waals surface area contributed by atoms with Crippen molar-refractivity contribution < 1.29 is 9.53 Å². The van der Waals surface area contributed by atoms with E-state index in [4.69, 9.17) is 10.5 Å². The molecular formula is C16H23N5O2. The average Bonchev–Trinajstić information content (AvgIpc) is 2.88. The molecule has 23 heavy (non-hydrogen) atoms. The van der Waals surface area contributed by atoms with E-state index < -0.39 is 5.60 Å². The number of aromatic nitrogens is 3. The van der Waals surface area contributed by atoms with Gasteiger partial charge in [-0.1, -0.05) is 0 Å². The Morgan fingerprint density at radius 3 is 2.70 bits per heavy atom. The number of nitrogen functional groups attached to an aromatic ring is 1. The van der Waals surface area contributed by atoms with Gasteiger partial charge in [-0.05, 0) is 39.7 Å². The van der Waals surface area contributed by atoms with Gasteiger partial charge in [0, 0.05) is 25.3 Å². The third kappa shape index (κ3) is 3.38. The first-order chi connectivity index (χ1) is 10.8. The van der Waals surface area contributed by atoms with Gasteiger partial charge < -0.3 is 19.9 Å². The molecule has 7 nitrogen and oxygen atoms in total. The lowest BCUT2D eigenvalue weighted by atomic mass is 10.1. The summed E-state index contributed by atoms with van der Waals surface area (Å²) in [7, 11) is 0. The number of likely N-dealkylation sites (tertiary alicyclic amines) is 1. The molecule has 3 rings (SSSR count). The number of carbonyl (C=O) groups is 1. The zero-order chi connectivity index (χ0) is 16.6. The van der Waals surface area contributed by atoms with Crippen LogP contribution in [0.5, 0.6) is 0 Å². The molecule has 1 aliphatic heterocycles. The van der Waals surface area contributed by atoms with Crippen LogP contribution in [0.15, 0.2) is 18.5 Å². The van der Waals surface area contributed by atoms with Crippen LogP contribution in [0.25, 0.3) is 11.2 Å². The number of rotatable bonds is 1. The number of amides is 1. The maximum absolute atomic E-state index is 12.1. The van der Waals surface area contributed by atoms with Gasteiger partial charge in [-0.3, -0.25) is 0 Å². The van der Waals surface area contributed by atoms with Crippen molar-refractivity contribution in [3.8, 4) is 0 Å². The fourth-order valence-corrected chi connectivity index (χ4v) is 2.88. The summed E-state index contributed by atoms with van der Waals surface area (Å²) in [6, 6.07) is 2.24. The maximum Gasteiger partial charge on any atom is 0.410 e. The number of anilines is 1. The van der Waals surface area contributed by atoms with Crippen LogP contribution < -0.4 is 5.73 Å². The molecule has 124 valence electrons. The molecule has 0 aliphatic carbocycles. The Balaban J connectivity index is 1.69. The molecule has 1 amide bonds. The standard InChI is InChI=1S/C16H23N5O2/c1-16(2,3)23-15(22)20-7-4-11(5-8-20)21-9-6-12-14(21)19-13(17)10-18-12/h6,9-11H,4-5,7-8H2,1-3H3,(H2,17,19). The van der Waals surface area contributed by atoms with Crippen molar-refractivity contribution in [2.75, 3.05) is 18.8 Å². The summed E-state index contributed by atoms with van der Waals surface area (Å²) in [6.45, 7) is 7.00. The molecule has 1 aliphatic rings. The zero-order valence-electron chi connectivity index (χ0n) is 13.8. The van der Waals surface area contributed by atoms with Crippen molar-refractivity contribution in [3.63, 3.8) is 0 Å².